The van der Waals surface area contributed by atoms with Crippen LogP contribution in [0.3, 0.4) is 0 Å². The molecule has 2 aliphatic heterocycles. The van der Waals surface area contributed by atoms with E-state index in [1.54, 1.807) is 31.3 Å². The van der Waals surface area contributed by atoms with Crippen molar-refractivity contribution in [3.63, 3.8) is 0 Å². The molecule has 8 heteroatoms. The third-order valence-corrected chi connectivity index (χ3v) is 8.11. The summed E-state index contributed by atoms with van der Waals surface area (Å²) >= 11 is 0. The molecule has 2 amide bonds. The number of piperazine rings is 1. The third-order valence-electron chi connectivity index (χ3n) is 8.11. The second kappa shape index (κ2) is 13.2. The van der Waals surface area contributed by atoms with Crippen molar-refractivity contribution in [1.29, 1.82) is 0 Å². The van der Waals surface area contributed by atoms with Gasteiger partial charge in [-0.25, -0.2) is 0 Å². The van der Waals surface area contributed by atoms with E-state index in [1.807, 2.05) is 29.2 Å². The van der Waals surface area contributed by atoms with Gasteiger partial charge in [0, 0.05) is 57.4 Å². The second-order valence-corrected chi connectivity index (χ2v) is 10.9. The van der Waals surface area contributed by atoms with Gasteiger partial charge in [0.15, 0.2) is 0 Å². The van der Waals surface area contributed by atoms with Gasteiger partial charge < -0.3 is 24.6 Å². The van der Waals surface area contributed by atoms with Crippen LogP contribution in [0.1, 0.15) is 33.5 Å². The van der Waals surface area contributed by atoms with E-state index in [-0.39, 0.29) is 17.9 Å². The summed E-state index contributed by atoms with van der Waals surface area (Å²) < 4.78 is 10.9. The highest BCUT2D eigenvalue weighted by molar-refractivity contribution is 5.98. The van der Waals surface area contributed by atoms with Crippen molar-refractivity contribution in [1.82, 2.24) is 20.0 Å². The molecule has 216 valence electrons. The normalized spacial score (nSPS) is 18.9. The number of carbonyl (C=O) groups excluding carboxylic acids is 2. The van der Waals surface area contributed by atoms with Crippen LogP contribution in [0.5, 0.6) is 11.5 Å². The number of aryl methyl sites for hydroxylation is 1. The first-order valence-electron chi connectivity index (χ1n) is 14.3. The number of carbonyl (C=O) groups is 2. The number of rotatable bonds is 9. The lowest BCUT2D eigenvalue weighted by molar-refractivity contribution is -0.135. The van der Waals surface area contributed by atoms with Gasteiger partial charge >= 0.3 is 0 Å². The van der Waals surface area contributed by atoms with Crippen LogP contribution in [0.15, 0.2) is 72.8 Å². The van der Waals surface area contributed by atoms with Gasteiger partial charge in [-0.15, -0.1) is 0 Å². The summed E-state index contributed by atoms with van der Waals surface area (Å²) in [5.74, 6) is 1.32. The van der Waals surface area contributed by atoms with E-state index in [0.717, 1.165) is 24.4 Å². The molecule has 2 atom stereocenters. The molecule has 0 aliphatic carbocycles. The number of nitrogens with zero attached hydrogens (tertiary/aromatic N) is 3. The number of methoxy groups -OCH3 is 2. The lowest BCUT2D eigenvalue weighted by atomic mass is 10.1. The monoisotopic (exact) mass is 556 g/mol. The Kier molecular flexibility index (Phi) is 9.21. The summed E-state index contributed by atoms with van der Waals surface area (Å²) in [6.07, 6.45) is 0.578. The van der Waals surface area contributed by atoms with E-state index in [9.17, 15) is 9.59 Å². The molecule has 3 aromatic rings. The minimum absolute atomic E-state index is 0.00562. The van der Waals surface area contributed by atoms with E-state index in [0.29, 0.717) is 50.5 Å². The number of amides is 2. The zero-order valence-corrected chi connectivity index (χ0v) is 24.2. The van der Waals surface area contributed by atoms with Crippen molar-refractivity contribution in [2.75, 3.05) is 46.9 Å². The number of hydrogen-bond donors (Lipinski definition) is 1. The predicted molar refractivity (Wildman–Crippen MR) is 159 cm³/mol. The molecule has 2 saturated heterocycles. The molecule has 0 radical (unpaired) electrons. The molecule has 2 aliphatic rings. The maximum Gasteiger partial charge on any atom is 0.254 e. The van der Waals surface area contributed by atoms with E-state index < -0.39 is 6.04 Å². The summed E-state index contributed by atoms with van der Waals surface area (Å²) in [6.45, 7) is 6.76. The van der Waals surface area contributed by atoms with Crippen molar-refractivity contribution in [2.24, 2.45) is 0 Å². The smallest absolute Gasteiger partial charge is 0.254 e. The van der Waals surface area contributed by atoms with E-state index in [1.165, 1.54) is 11.1 Å². The van der Waals surface area contributed by atoms with Gasteiger partial charge in [-0.05, 0) is 54.8 Å². The molecule has 5 rings (SSSR count). The quantitative estimate of drug-likeness (QED) is 0.433. The van der Waals surface area contributed by atoms with Crippen molar-refractivity contribution >= 4 is 11.8 Å². The number of benzene rings is 3. The molecular formula is C33H40N4O4. The van der Waals surface area contributed by atoms with E-state index in [2.05, 4.69) is 53.5 Å². The molecule has 41 heavy (non-hydrogen) atoms. The lowest BCUT2D eigenvalue weighted by Gasteiger charge is -2.32. The summed E-state index contributed by atoms with van der Waals surface area (Å²) in [5.41, 5.74) is 4.06. The Hall–Kier alpha value is -3.88. The van der Waals surface area contributed by atoms with Gasteiger partial charge in [-0.2, -0.15) is 0 Å². The van der Waals surface area contributed by atoms with Gasteiger partial charge in [0.25, 0.3) is 5.91 Å². The van der Waals surface area contributed by atoms with Gasteiger partial charge in [0.05, 0.1) is 14.2 Å². The first-order chi connectivity index (χ1) is 19.9. The number of likely N-dealkylation sites (tertiary alicyclic amines) is 1. The Morgan fingerprint density at radius 2 is 1.54 bits per heavy atom. The Morgan fingerprint density at radius 3 is 2.24 bits per heavy atom. The van der Waals surface area contributed by atoms with Crippen LogP contribution < -0.4 is 14.8 Å². The molecule has 0 spiro atoms. The molecule has 0 saturated carbocycles. The first-order valence-corrected chi connectivity index (χ1v) is 14.3. The van der Waals surface area contributed by atoms with Crippen LogP contribution in [-0.2, 0) is 17.9 Å². The number of ether oxygens (including phenoxy) is 2. The summed E-state index contributed by atoms with van der Waals surface area (Å²) in [5, 5.41) is 3.32. The highest BCUT2D eigenvalue weighted by Crippen LogP contribution is 2.30. The van der Waals surface area contributed by atoms with Gasteiger partial charge in [-0.3, -0.25) is 14.5 Å². The van der Waals surface area contributed by atoms with Gasteiger partial charge in [0.1, 0.15) is 17.5 Å². The van der Waals surface area contributed by atoms with E-state index >= 15 is 0 Å². The second-order valence-electron chi connectivity index (χ2n) is 10.9. The van der Waals surface area contributed by atoms with Crippen molar-refractivity contribution in [2.45, 2.75) is 38.5 Å². The summed E-state index contributed by atoms with van der Waals surface area (Å²) in [6, 6.07) is 23.3. The van der Waals surface area contributed by atoms with Crippen LogP contribution in [0.25, 0.3) is 0 Å². The minimum Gasteiger partial charge on any atom is -0.497 e. The van der Waals surface area contributed by atoms with Crippen molar-refractivity contribution in [3.05, 3.63) is 95.1 Å². The Labute approximate surface area is 242 Å². The molecule has 2 fully saturated rings. The van der Waals surface area contributed by atoms with Crippen molar-refractivity contribution < 1.29 is 19.1 Å². The fraction of sp³-hybridized carbons (Fsp3) is 0.394. The summed E-state index contributed by atoms with van der Waals surface area (Å²) in [7, 11) is 3.27. The standard InChI is InChI=1S/C33H40N4O4/c1-24-10-12-25(13-11-24)21-36(22-26-6-4-8-29(18-26)40-2)28-20-31(33(39)35-16-14-34-15-17-35)37(23-28)32(38)27-7-5-9-30(19-27)41-3/h4-13,18-19,28,31,34H,14-17,20-23H2,1-3H3. The molecular weight excluding hydrogens is 516 g/mol. The molecule has 1 N–H and O–H groups in total. The fourth-order valence-corrected chi connectivity index (χ4v) is 5.80. The zero-order valence-electron chi connectivity index (χ0n) is 24.2. The number of nitrogens with one attached hydrogen (secondary N) is 1. The highest BCUT2D eigenvalue weighted by atomic mass is 16.5. The maximum absolute atomic E-state index is 14.0. The molecule has 0 bridgehead atoms. The van der Waals surface area contributed by atoms with Crippen LogP contribution in [-0.4, -0.2) is 85.5 Å². The Bertz CT molecular complexity index is 1340. The maximum atomic E-state index is 14.0. The van der Waals surface area contributed by atoms with Crippen molar-refractivity contribution in [3.8, 4) is 11.5 Å². The fourth-order valence-electron chi connectivity index (χ4n) is 5.80. The first kappa shape index (κ1) is 28.6. The van der Waals surface area contributed by atoms with Gasteiger partial charge in [-0.1, -0.05) is 48.0 Å². The minimum atomic E-state index is -0.525. The summed E-state index contributed by atoms with van der Waals surface area (Å²) in [4.78, 5) is 34.0. The molecule has 2 heterocycles. The molecule has 2 unspecified atom stereocenters. The largest absolute Gasteiger partial charge is 0.497 e. The van der Waals surface area contributed by atoms with Crippen LogP contribution >= 0.6 is 0 Å². The Balaban J connectivity index is 1.46. The molecule has 0 aromatic heterocycles. The third kappa shape index (κ3) is 6.89. The lowest BCUT2D eigenvalue weighted by Crippen LogP contribution is -2.53. The average molecular weight is 557 g/mol. The zero-order chi connectivity index (χ0) is 28.8. The van der Waals surface area contributed by atoms with Crippen LogP contribution in [0.4, 0.5) is 0 Å². The van der Waals surface area contributed by atoms with E-state index in [4.69, 9.17) is 9.47 Å². The SMILES string of the molecule is COc1cccc(CN(Cc2ccc(C)cc2)C2CC(C(=O)N3CCNCC3)N(C(=O)c3cccc(OC)c3)C2)c1. The molecule has 8 nitrogen and oxygen atoms in total. The van der Waals surface area contributed by atoms with Crippen LogP contribution in [0.2, 0.25) is 0 Å². The topological polar surface area (TPSA) is 74.4 Å². The highest BCUT2D eigenvalue weighted by Gasteiger charge is 2.43. The van der Waals surface area contributed by atoms with Crippen LogP contribution in [0, 0.1) is 6.92 Å². The molecule has 3 aromatic carbocycles. The number of hydrogen-bond acceptors (Lipinski definition) is 6. The Morgan fingerprint density at radius 1 is 0.878 bits per heavy atom. The van der Waals surface area contributed by atoms with Gasteiger partial charge in [0.2, 0.25) is 5.91 Å². The predicted octanol–water partition coefficient (Wildman–Crippen LogP) is 3.73. The average Bonchev–Trinajstić information content (AvgIpc) is 3.47.